The van der Waals surface area contributed by atoms with Crippen LogP contribution in [0, 0.1) is 0 Å². The zero-order chi connectivity index (χ0) is 15.4. The predicted molar refractivity (Wildman–Crippen MR) is 88.7 cm³/mol. The average Bonchev–Trinajstić information content (AvgIpc) is 3.26. The summed E-state index contributed by atoms with van der Waals surface area (Å²) in [5, 5.41) is 3.48. The summed E-state index contributed by atoms with van der Waals surface area (Å²) in [6.45, 7) is 14.1. The van der Waals surface area contributed by atoms with Crippen molar-refractivity contribution in [3.05, 3.63) is 30.4 Å². The van der Waals surface area contributed by atoms with Gasteiger partial charge in [0.15, 0.2) is 0 Å². The van der Waals surface area contributed by atoms with E-state index in [1.807, 2.05) is 12.3 Å². The fraction of sp³-hybridized carbons (Fsp3) is 0.647. The molecular formula is C17H28N4. The van der Waals surface area contributed by atoms with Crippen molar-refractivity contribution in [1.82, 2.24) is 15.3 Å². The number of nitrogens with zero attached hydrogens (tertiary/aromatic N) is 3. The maximum absolute atomic E-state index is 4.81. The molecule has 0 unspecified atom stereocenters. The van der Waals surface area contributed by atoms with Gasteiger partial charge in [0.2, 0.25) is 0 Å². The summed E-state index contributed by atoms with van der Waals surface area (Å²) in [6.07, 6.45) is 6.49. The largest absolute Gasteiger partial charge is 0.362 e. The van der Waals surface area contributed by atoms with E-state index in [0.717, 1.165) is 30.3 Å². The lowest BCUT2D eigenvalue weighted by Gasteiger charge is -2.26. The van der Waals surface area contributed by atoms with E-state index in [1.54, 1.807) is 0 Å². The van der Waals surface area contributed by atoms with Gasteiger partial charge < -0.3 is 10.2 Å². The lowest BCUT2D eigenvalue weighted by Crippen LogP contribution is -2.30. The first-order valence-corrected chi connectivity index (χ1v) is 7.99. The van der Waals surface area contributed by atoms with E-state index in [0.29, 0.717) is 18.0 Å². The molecule has 1 saturated carbocycles. The van der Waals surface area contributed by atoms with E-state index in [-0.39, 0.29) is 0 Å². The maximum atomic E-state index is 4.81. The standard InChI is InChI=1S/C17H28N4/c1-6-9-21(14-7-8-14)16-11-19-17(12(2)3)20-15(16)10-18-13(4)5/h6,11-14,18H,1,7-10H2,2-5H3. The Balaban J connectivity index is 2.30. The highest BCUT2D eigenvalue weighted by molar-refractivity contribution is 5.52. The summed E-state index contributed by atoms with van der Waals surface area (Å²) in [5.41, 5.74) is 2.27. The van der Waals surface area contributed by atoms with Gasteiger partial charge in [-0.05, 0) is 12.8 Å². The molecule has 1 aromatic heterocycles. The molecule has 0 atom stereocenters. The topological polar surface area (TPSA) is 41.1 Å². The molecule has 0 spiro atoms. The van der Waals surface area contributed by atoms with Crippen LogP contribution >= 0.6 is 0 Å². The molecule has 0 saturated heterocycles. The summed E-state index contributed by atoms with van der Waals surface area (Å²) in [7, 11) is 0. The molecule has 1 fully saturated rings. The van der Waals surface area contributed by atoms with Crippen LogP contribution in [0.25, 0.3) is 0 Å². The second-order valence-corrected chi connectivity index (χ2v) is 6.42. The highest BCUT2D eigenvalue weighted by atomic mass is 15.2. The molecular weight excluding hydrogens is 260 g/mol. The van der Waals surface area contributed by atoms with E-state index in [2.05, 4.69) is 49.5 Å². The number of anilines is 1. The SMILES string of the molecule is C=CCN(c1cnc(C(C)C)nc1CNC(C)C)C1CC1. The first kappa shape index (κ1) is 16.0. The zero-order valence-electron chi connectivity index (χ0n) is 13.8. The van der Waals surface area contributed by atoms with Gasteiger partial charge in [0.05, 0.1) is 17.6 Å². The second kappa shape index (κ2) is 7.03. The Kier molecular flexibility index (Phi) is 5.34. The molecule has 116 valence electrons. The first-order chi connectivity index (χ1) is 10.0. The Labute approximate surface area is 128 Å². The van der Waals surface area contributed by atoms with Crippen molar-refractivity contribution in [2.75, 3.05) is 11.4 Å². The van der Waals surface area contributed by atoms with Crippen LogP contribution in [0.2, 0.25) is 0 Å². The summed E-state index contributed by atoms with van der Waals surface area (Å²) in [6, 6.07) is 1.08. The molecule has 1 aliphatic rings. The summed E-state index contributed by atoms with van der Waals surface area (Å²) in [5.74, 6) is 1.28. The van der Waals surface area contributed by atoms with Gasteiger partial charge in [0, 0.05) is 31.1 Å². The van der Waals surface area contributed by atoms with E-state index in [4.69, 9.17) is 4.98 Å². The van der Waals surface area contributed by atoms with Crippen LogP contribution in [-0.4, -0.2) is 28.6 Å². The summed E-state index contributed by atoms with van der Waals surface area (Å²) >= 11 is 0. The summed E-state index contributed by atoms with van der Waals surface area (Å²) < 4.78 is 0. The number of aromatic nitrogens is 2. The molecule has 2 rings (SSSR count). The normalized spacial score (nSPS) is 14.8. The molecule has 1 N–H and O–H groups in total. The Morgan fingerprint density at radius 2 is 2.10 bits per heavy atom. The third-order valence-corrected chi connectivity index (χ3v) is 3.68. The van der Waals surface area contributed by atoms with Crippen molar-refractivity contribution in [1.29, 1.82) is 0 Å². The van der Waals surface area contributed by atoms with Gasteiger partial charge >= 0.3 is 0 Å². The van der Waals surface area contributed by atoms with Gasteiger partial charge in [-0.15, -0.1) is 6.58 Å². The monoisotopic (exact) mass is 288 g/mol. The van der Waals surface area contributed by atoms with E-state index < -0.39 is 0 Å². The Morgan fingerprint density at radius 3 is 2.62 bits per heavy atom. The third kappa shape index (κ3) is 4.27. The smallest absolute Gasteiger partial charge is 0.131 e. The van der Waals surface area contributed by atoms with Gasteiger partial charge in [-0.2, -0.15) is 0 Å². The van der Waals surface area contributed by atoms with Crippen molar-refractivity contribution in [2.45, 2.75) is 65.1 Å². The van der Waals surface area contributed by atoms with Gasteiger partial charge in [0.25, 0.3) is 0 Å². The Bertz CT molecular complexity index is 478. The molecule has 0 amide bonds. The molecule has 21 heavy (non-hydrogen) atoms. The number of hydrogen-bond donors (Lipinski definition) is 1. The van der Waals surface area contributed by atoms with Crippen LogP contribution in [0.1, 0.15) is 58.0 Å². The predicted octanol–water partition coefficient (Wildman–Crippen LogP) is 3.25. The Hall–Kier alpha value is -1.42. The molecule has 0 aromatic carbocycles. The fourth-order valence-electron chi connectivity index (χ4n) is 2.34. The molecule has 1 aliphatic carbocycles. The van der Waals surface area contributed by atoms with Crippen molar-refractivity contribution < 1.29 is 0 Å². The van der Waals surface area contributed by atoms with Crippen LogP contribution in [0.15, 0.2) is 18.9 Å². The first-order valence-electron chi connectivity index (χ1n) is 7.99. The second-order valence-electron chi connectivity index (χ2n) is 6.42. The van der Waals surface area contributed by atoms with Crippen molar-refractivity contribution in [3.63, 3.8) is 0 Å². The minimum Gasteiger partial charge on any atom is -0.362 e. The minimum absolute atomic E-state index is 0.352. The van der Waals surface area contributed by atoms with Crippen LogP contribution in [0.3, 0.4) is 0 Å². The Morgan fingerprint density at radius 1 is 1.38 bits per heavy atom. The lowest BCUT2D eigenvalue weighted by atomic mass is 10.2. The molecule has 1 heterocycles. The number of rotatable bonds is 8. The van der Waals surface area contributed by atoms with Crippen molar-refractivity contribution in [3.8, 4) is 0 Å². The molecule has 1 aromatic rings. The van der Waals surface area contributed by atoms with Crippen LogP contribution in [0.5, 0.6) is 0 Å². The molecule has 0 radical (unpaired) electrons. The average molecular weight is 288 g/mol. The zero-order valence-corrected chi connectivity index (χ0v) is 13.8. The molecule has 0 aliphatic heterocycles. The fourth-order valence-corrected chi connectivity index (χ4v) is 2.34. The van der Waals surface area contributed by atoms with Gasteiger partial charge in [-0.25, -0.2) is 9.97 Å². The number of hydrogen-bond acceptors (Lipinski definition) is 4. The quantitative estimate of drug-likeness (QED) is 0.746. The number of nitrogens with one attached hydrogen (secondary N) is 1. The van der Waals surface area contributed by atoms with E-state index in [9.17, 15) is 0 Å². The highest BCUT2D eigenvalue weighted by Crippen LogP contribution is 2.33. The molecule has 4 heteroatoms. The lowest BCUT2D eigenvalue weighted by molar-refractivity contribution is 0.575. The van der Waals surface area contributed by atoms with Crippen molar-refractivity contribution in [2.24, 2.45) is 0 Å². The van der Waals surface area contributed by atoms with Gasteiger partial charge in [-0.1, -0.05) is 33.8 Å². The molecule has 0 bridgehead atoms. The van der Waals surface area contributed by atoms with Gasteiger partial charge in [-0.3, -0.25) is 0 Å². The third-order valence-electron chi connectivity index (χ3n) is 3.68. The van der Waals surface area contributed by atoms with Gasteiger partial charge in [0.1, 0.15) is 5.82 Å². The van der Waals surface area contributed by atoms with Crippen LogP contribution in [-0.2, 0) is 6.54 Å². The van der Waals surface area contributed by atoms with E-state index in [1.165, 1.54) is 12.8 Å². The minimum atomic E-state index is 0.352. The van der Waals surface area contributed by atoms with E-state index >= 15 is 0 Å². The van der Waals surface area contributed by atoms with Crippen LogP contribution < -0.4 is 10.2 Å². The molecule has 4 nitrogen and oxygen atoms in total. The maximum Gasteiger partial charge on any atom is 0.131 e. The van der Waals surface area contributed by atoms with Crippen molar-refractivity contribution >= 4 is 5.69 Å². The highest BCUT2D eigenvalue weighted by Gasteiger charge is 2.30. The summed E-state index contributed by atoms with van der Waals surface area (Å²) in [4.78, 5) is 11.8. The van der Waals surface area contributed by atoms with Crippen LogP contribution in [0.4, 0.5) is 5.69 Å².